The second-order valence-corrected chi connectivity index (χ2v) is 8.25. The van der Waals surface area contributed by atoms with Crippen molar-refractivity contribution in [1.29, 1.82) is 0 Å². The van der Waals surface area contributed by atoms with Crippen molar-refractivity contribution in [2.45, 2.75) is 36.3 Å². The monoisotopic (exact) mass is 362 g/mol. The molecule has 0 rings (SSSR count). The Hall–Kier alpha value is 0.810. The first-order chi connectivity index (χ1) is 9.91. The van der Waals surface area contributed by atoms with Gasteiger partial charge in [0.2, 0.25) is 0 Å². The van der Waals surface area contributed by atoms with Gasteiger partial charge in [-0.15, -0.1) is 0 Å². The zero-order chi connectivity index (χ0) is 16.5. The molecule has 0 aliphatic heterocycles. The van der Waals surface area contributed by atoms with Crippen LogP contribution in [0, 0.1) is 0 Å². The molecule has 0 saturated carbocycles. The molecule has 0 bridgehead atoms. The average Bonchev–Trinajstić information content (AvgIpc) is 2.54. The summed E-state index contributed by atoms with van der Waals surface area (Å²) in [5, 5.41) is -1.84. The fourth-order valence-corrected chi connectivity index (χ4v) is 6.78. The fourth-order valence-electron chi connectivity index (χ4n) is 1.50. The van der Waals surface area contributed by atoms with Crippen LogP contribution in [0.4, 0.5) is 0 Å². The van der Waals surface area contributed by atoms with E-state index in [-0.39, 0.29) is 12.2 Å². The summed E-state index contributed by atoms with van der Waals surface area (Å²) in [6.45, 7) is 3.76. The summed E-state index contributed by atoms with van der Waals surface area (Å²) < 4.78 is 32.6. The molecule has 0 aromatic carbocycles. The van der Waals surface area contributed by atoms with Crippen molar-refractivity contribution >= 4 is 31.4 Å². The van der Waals surface area contributed by atoms with Crippen LogP contribution in [0.25, 0.3) is 0 Å². The maximum atomic E-state index is 5.48. The highest BCUT2D eigenvalue weighted by atomic mass is 33.5. The maximum Gasteiger partial charge on any atom is 0.255 e. The van der Waals surface area contributed by atoms with E-state index in [1.54, 1.807) is 42.7 Å². The lowest BCUT2D eigenvalue weighted by molar-refractivity contribution is -0.195. The highest BCUT2D eigenvalue weighted by Gasteiger charge is 2.43. The van der Waals surface area contributed by atoms with Crippen LogP contribution in [0.1, 0.15) is 13.8 Å². The highest BCUT2D eigenvalue weighted by molar-refractivity contribution is 9.09. The molecule has 2 unspecified atom stereocenters. The molecule has 0 aromatic heterocycles. The van der Waals surface area contributed by atoms with E-state index >= 15 is 0 Å². The minimum Gasteiger partial charge on any atom is -0.375 e. The second-order valence-electron chi connectivity index (χ2n) is 4.01. The molecule has 0 aliphatic rings. The molecule has 0 fully saturated rings. The molecule has 0 spiro atoms. The summed E-state index contributed by atoms with van der Waals surface area (Å²) >= 11 is 0. The van der Waals surface area contributed by atoms with Crippen molar-refractivity contribution in [3.8, 4) is 0 Å². The SMILES string of the molecule is COC(C)C(OC)(OC)SSSC(OC)(OC)C(C)OC. The lowest BCUT2D eigenvalue weighted by Crippen LogP contribution is -2.43. The van der Waals surface area contributed by atoms with Crippen LogP contribution in [0.15, 0.2) is 0 Å². The standard InChI is InChI=1S/C12H26O6S3/c1-9(13-3)11(15-5,16-6)19-21-20-12(17-7,18-8)10(2)14-4/h9-10H,1-8H3. The number of ether oxygens (including phenoxy) is 6. The molecule has 0 radical (unpaired) electrons. The zero-order valence-electron chi connectivity index (χ0n) is 13.8. The van der Waals surface area contributed by atoms with Gasteiger partial charge in [-0.2, -0.15) is 0 Å². The minimum absolute atomic E-state index is 0.259. The Balaban J connectivity index is 4.81. The van der Waals surface area contributed by atoms with Crippen LogP contribution < -0.4 is 0 Å². The largest absolute Gasteiger partial charge is 0.375 e. The third-order valence-electron chi connectivity index (χ3n) is 3.14. The van der Waals surface area contributed by atoms with E-state index in [0.29, 0.717) is 0 Å². The summed E-state index contributed by atoms with van der Waals surface area (Å²) in [5.41, 5.74) is 0. The van der Waals surface area contributed by atoms with Crippen molar-refractivity contribution < 1.29 is 28.4 Å². The first-order valence-corrected chi connectivity index (χ1v) is 9.69. The van der Waals surface area contributed by atoms with Crippen LogP contribution in [0.3, 0.4) is 0 Å². The van der Waals surface area contributed by atoms with Gasteiger partial charge in [0.1, 0.15) is 12.2 Å². The molecular weight excluding hydrogens is 336 g/mol. The molecule has 6 nitrogen and oxygen atoms in total. The van der Waals surface area contributed by atoms with E-state index in [1.807, 2.05) is 13.8 Å². The van der Waals surface area contributed by atoms with Gasteiger partial charge >= 0.3 is 0 Å². The quantitative estimate of drug-likeness (QED) is 0.385. The van der Waals surface area contributed by atoms with Gasteiger partial charge in [-0.25, -0.2) is 0 Å². The molecule has 128 valence electrons. The Labute approximate surface area is 139 Å². The summed E-state index contributed by atoms with van der Waals surface area (Å²) in [4.78, 5) is 0. The van der Waals surface area contributed by atoms with Crippen molar-refractivity contribution in [3.05, 3.63) is 0 Å². The van der Waals surface area contributed by atoms with Gasteiger partial charge in [-0.1, -0.05) is 0 Å². The second kappa shape index (κ2) is 10.6. The summed E-state index contributed by atoms with van der Waals surface area (Å²) in [5.74, 6) is 0. The molecule has 0 N–H and O–H groups in total. The van der Waals surface area contributed by atoms with E-state index in [0.717, 1.165) is 0 Å². The number of hydrogen-bond donors (Lipinski definition) is 0. The molecule has 0 saturated heterocycles. The highest BCUT2D eigenvalue weighted by Crippen LogP contribution is 2.52. The lowest BCUT2D eigenvalue weighted by atomic mass is 10.4. The topological polar surface area (TPSA) is 55.4 Å². The third kappa shape index (κ3) is 5.43. The van der Waals surface area contributed by atoms with Gasteiger partial charge in [0.25, 0.3) is 10.2 Å². The fraction of sp³-hybridized carbons (Fsp3) is 1.00. The van der Waals surface area contributed by atoms with E-state index in [4.69, 9.17) is 28.4 Å². The Morgan fingerprint density at radius 1 is 0.619 bits per heavy atom. The van der Waals surface area contributed by atoms with E-state index in [9.17, 15) is 0 Å². The van der Waals surface area contributed by atoms with Crippen molar-refractivity contribution in [1.82, 2.24) is 0 Å². The van der Waals surface area contributed by atoms with Crippen molar-refractivity contribution in [2.75, 3.05) is 42.7 Å². The number of rotatable bonds is 12. The van der Waals surface area contributed by atoms with E-state index in [1.165, 1.54) is 31.4 Å². The Kier molecular flexibility index (Phi) is 11.0. The summed E-state index contributed by atoms with van der Waals surface area (Å²) in [6.07, 6.45) is -0.519. The van der Waals surface area contributed by atoms with Crippen LogP contribution in [0.2, 0.25) is 0 Å². The molecule has 0 amide bonds. The van der Waals surface area contributed by atoms with Crippen LogP contribution in [-0.4, -0.2) is 65.1 Å². The number of hydrogen-bond acceptors (Lipinski definition) is 9. The van der Waals surface area contributed by atoms with Crippen LogP contribution >= 0.6 is 31.4 Å². The summed E-state index contributed by atoms with van der Waals surface area (Å²) in [7, 11) is 13.7. The zero-order valence-corrected chi connectivity index (χ0v) is 16.3. The van der Waals surface area contributed by atoms with Crippen LogP contribution in [-0.2, 0) is 28.4 Å². The lowest BCUT2D eigenvalue weighted by Gasteiger charge is -2.36. The molecule has 2 atom stereocenters. The summed E-state index contributed by atoms with van der Waals surface area (Å²) in [6, 6.07) is 0. The molecule has 0 aliphatic carbocycles. The Morgan fingerprint density at radius 3 is 1.10 bits per heavy atom. The first-order valence-electron chi connectivity index (χ1n) is 6.21. The van der Waals surface area contributed by atoms with Crippen molar-refractivity contribution in [2.24, 2.45) is 0 Å². The normalized spacial score (nSPS) is 16.0. The predicted molar refractivity (Wildman–Crippen MR) is 89.2 cm³/mol. The average molecular weight is 363 g/mol. The third-order valence-corrected chi connectivity index (χ3v) is 8.10. The van der Waals surface area contributed by atoms with Crippen LogP contribution in [0.5, 0.6) is 0 Å². The Bertz CT molecular complexity index is 248. The number of methoxy groups -OCH3 is 6. The van der Waals surface area contributed by atoms with E-state index < -0.39 is 10.2 Å². The molecule has 21 heavy (non-hydrogen) atoms. The first kappa shape index (κ1) is 21.8. The van der Waals surface area contributed by atoms with Gasteiger partial charge in [0.05, 0.1) is 0 Å². The predicted octanol–water partition coefficient (Wildman–Crippen LogP) is 2.98. The minimum atomic E-state index is -0.921. The van der Waals surface area contributed by atoms with Gasteiger partial charge in [0.15, 0.2) is 0 Å². The smallest absolute Gasteiger partial charge is 0.255 e. The van der Waals surface area contributed by atoms with Gasteiger partial charge in [-0.05, 0) is 45.3 Å². The molecule has 0 aromatic rings. The van der Waals surface area contributed by atoms with Gasteiger partial charge in [-0.3, -0.25) is 0 Å². The van der Waals surface area contributed by atoms with Gasteiger partial charge < -0.3 is 28.4 Å². The van der Waals surface area contributed by atoms with E-state index in [2.05, 4.69) is 0 Å². The Morgan fingerprint density at radius 2 is 0.905 bits per heavy atom. The van der Waals surface area contributed by atoms with Crippen molar-refractivity contribution in [3.63, 3.8) is 0 Å². The molecule has 9 heteroatoms. The molecular formula is C12H26O6S3. The molecule has 0 heterocycles. The maximum absolute atomic E-state index is 5.48. The van der Waals surface area contributed by atoms with Gasteiger partial charge in [0, 0.05) is 42.7 Å².